The molecule has 1 aromatic carbocycles. The van der Waals surface area contributed by atoms with E-state index < -0.39 is 5.97 Å². The smallest absolute Gasteiger partial charge is 0.362 e. The van der Waals surface area contributed by atoms with Crippen LogP contribution in [0.15, 0.2) is 27.1 Å². The molecular formula is C13H12BrNO4. The van der Waals surface area contributed by atoms with Crippen molar-refractivity contribution in [3.63, 3.8) is 0 Å². The Morgan fingerprint density at radius 1 is 1.47 bits per heavy atom. The molecule has 6 heteroatoms. The SMILES string of the molecule is CCOc1oc(-c2cc(C)cc(Br)c2)nc1C(=O)O. The molecule has 100 valence electrons. The number of halogens is 1. The topological polar surface area (TPSA) is 72.6 Å². The quantitative estimate of drug-likeness (QED) is 0.931. The van der Waals surface area contributed by atoms with Crippen molar-refractivity contribution in [1.82, 2.24) is 4.98 Å². The Balaban J connectivity index is 2.50. The van der Waals surface area contributed by atoms with E-state index >= 15 is 0 Å². The van der Waals surface area contributed by atoms with Crippen LogP contribution in [-0.2, 0) is 0 Å². The Bertz CT molecular complexity index is 601. The minimum Gasteiger partial charge on any atom is -0.476 e. The van der Waals surface area contributed by atoms with Gasteiger partial charge < -0.3 is 14.3 Å². The molecule has 2 rings (SSSR count). The average Bonchev–Trinajstić information content (AvgIpc) is 2.72. The maximum atomic E-state index is 11.1. The van der Waals surface area contributed by atoms with E-state index in [1.807, 2.05) is 19.1 Å². The normalized spacial score (nSPS) is 10.5. The summed E-state index contributed by atoms with van der Waals surface area (Å²) in [5, 5.41) is 9.05. The number of nitrogens with zero attached hydrogens (tertiary/aromatic N) is 1. The lowest BCUT2D eigenvalue weighted by Crippen LogP contribution is -2.01. The van der Waals surface area contributed by atoms with Gasteiger partial charge in [-0.2, -0.15) is 4.98 Å². The summed E-state index contributed by atoms with van der Waals surface area (Å²) in [7, 11) is 0. The number of hydrogen-bond donors (Lipinski definition) is 1. The molecule has 0 aliphatic rings. The molecule has 0 bridgehead atoms. The van der Waals surface area contributed by atoms with Crippen molar-refractivity contribution < 1.29 is 19.1 Å². The zero-order valence-corrected chi connectivity index (χ0v) is 12.0. The van der Waals surface area contributed by atoms with Crippen LogP contribution in [0.1, 0.15) is 23.0 Å². The standard InChI is InChI=1S/C13H12BrNO4/c1-3-18-13-10(12(16)17)15-11(19-13)8-4-7(2)5-9(14)6-8/h4-6H,3H2,1-2H3,(H,16,17). The van der Waals surface area contributed by atoms with E-state index in [1.165, 1.54) is 0 Å². The Hall–Kier alpha value is -1.82. The van der Waals surface area contributed by atoms with Crippen LogP contribution in [0.3, 0.4) is 0 Å². The van der Waals surface area contributed by atoms with Gasteiger partial charge in [0.15, 0.2) is 0 Å². The number of rotatable bonds is 4. The van der Waals surface area contributed by atoms with E-state index in [0.717, 1.165) is 10.0 Å². The number of aryl methyl sites for hydroxylation is 1. The molecule has 0 atom stereocenters. The summed E-state index contributed by atoms with van der Waals surface area (Å²) in [6, 6.07) is 5.60. The highest BCUT2D eigenvalue weighted by molar-refractivity contribution is 9.10. The molecule has 5 nitrogen and oxygen atoms in total. The minimum atomic E-state index is -1.18. The second-order valence-electron chi connectivity index (χ2n) is 3.91. The monoisotopic (exact) mass is 325 g/mol. The molecule has 0 spiro atoms. The van der Waals surface area contributed by atoms with Gasteiger partial charge in [-0.25, -0.2) is 4.79 Å². The highest BCUT2D eigenvalue weighted by atomic mass is 79.9. The summed E-state index contributed by atoms with van der Waals surface area (Å²) in [6.07, 6.45) is 0. The molecule has 0 aliphatic heterocycles. The zero-order chi connectivity index (χ0) is 14.0. The Kier molecular flexibility index (Phi) is 3.90. The van der Waals surface area contributed by atoms with E-state index in [2.05, 4.69) is 20.9 Å². The zero-order valence-electron chi connectivity index (χ0n) is 10.4. The third kappa shape index (κ3) is 2.96. The van der Waals surface area contributed by atoms with Gasteiger partial charge in [-0.05, 0) is 37.6 Å². The molecule has 19 heavy (non-hydrogen) atoms. The number of aromatic nitrogens is 1. The van der Waals surface area contributed by atoms with Crippen LogP contribution in [0.4, 0.5) is 0 Å². The highest BCUT2D eigenvalue weighted by Crippen LogP contribution is 2.29. The van der Waals surface area contributed by atoms with E-state index in [0.29, 0.717) is 12.2 Å². The molecule has 0 unspecified atom stereocenters. The molecule has 0 aliphatic carbocycles. The largest absolute Gasteiger partial charge is 0.476 e. The summed E-state index contributed by atoms with van der Waals surface area (Å²) in [4.78, 5) is 15.0. The van der Waals surface area contributed by atoms with Crippen molar-refractivity contribution in [2.24, 2.45) is 0 Å². The van der Waals surface area contributed by atoms with Crippen LogP contribution < -0.4 is 4.74 Å². The lowest BCUT2D eigenvalue weighted by molar-refractivity contribution is 0.0683. The Morgan fingerprint density at radius 2 is 2.21 bits per heavy atom. The van der Waals surface area contributed by atoms with Crippen molar-refractivity contribution in [1.29, 1.82) is 0 Å². The summed E-state index contributed by atoms with van der Waals surface area (Å²) >= 11 is 3.38. The summed E-state index contributed by atoms with van der Waals surface area (Å²) in [5.74, 6) is -1.02. The fraction of sp³-hybridized carbons (Fsp3) is 0.231. The third-order valence-corrected chi connectivity index (χ3v) is 2.82. The lowest BCUT2D eigenvalue weighted by Gasteiger charge is -2.00. The van der Waals surface area contributed by atoms with E-state index in [9.17, 15) is 4.79 Å². The lowest BCUT2D eigenvalue weighted by atomic mass is 10.1. The van der Waals surface area contributed by atoms with E-state index in [-0.39, 0.29) is 17.5 Å². The van der Waals surface area contributed by atoms with Crippen molar-refractivity contribution >= 4 is 21.9 Å². The van der Waals surface area contributed by atoms with Gasteiger partial charge in [-0.3, -0.25) is 0 Å². The maximum absolute atomic E-state index is 11.1. The minimum absolute atomic E-state index is 0.0670. The fourth-order valence-electron chi connectivity index (χ4n) is 1.65. The molecule has 0 radical (unpaired) electrons. The van der Waals surface area contributed by atoms with Crippen LogP contribution in [0.25, 0.3) is 11.5 Å². The highest BCUT2D eigenvalue weighted by Gasteiger charge is 2.21. The first-order valence-electron chi connectivity index (χ1n) is 5.65. The van der Waals surface area contributed by atoms with Gasteiger partial charge in [0.25, 0.3) is 0 Å². The fourth-order valence-corrected chi connectivity index (χ4v) is 2.26. The molecular weight excluding hydrogens is 314 g/mol. The van der Waals surface area contributed by atoms with Crippen molar-refractivity contribution in [2.45, 2.75) is 13.8 Å². The molecule has 1 aromatic heterocycles. The molecule has 0 fully saturated rings. The maximum Gasteiger partial charge on any atom is 0.362 e. The second kappa shape index (κ2) is 5.44. The number of ether oxygens (including phenoxy) is 1. The van der Waals surface area contributed by atoms with Gasteiger partial charge in [-0.15, -0.1) is 0 Å². The van der Waals surface area contributed by atoms with E-state index in [4.69, 9.17) is 14.3 Å². The van der Waals surface area contributed by atoms with Gasteiger partial charge in [-0.1, -0.05) is 15.9 Å². The van der Waals surface area contributed by atoms with Gasteiger partial charge in [0.05, 0.1) is 6.61 Å². The molecule has 1 heterocycles. The molecule has 0 saturated carbocycles. The first kappa shape index (κ1) is 13.6. The second-order valence-corrected chi connectivity index (χ2v) is 4.83. The Morgan fingerprint density at radius 3 is 2.79 bits per heavy atom. The van der Waals surface area contributed by atoms with E-state index in [1.54, 1.807) is 13.0 Å². The number of carbonyl (C=O) groups is 1. The number of oxazole rings is 1. The van der Waals surface area contributed by atoms with Crippen LogP contribution in [0.5, 0.6) is 5.95 Å². The van der Waals surface area contributed by atoms with Crippen LogP contribution >= 0.6 is 15.9 Å². The molecule has 0 saturated heterocycles. The van der Waals surface area contributed by atoms with Gasteiger partial charge in [0.1, 0.15) is 0 Å². The summed E-state index contributed by atoms with van der Waals surface area (Å²) < 4.78 is 11.4. The first-order chi connectivity index (χ1) is 9.01. The first-order valence-corrected chi connectivity index (χ1v) is 6.45. The summed E-state index contributed by atoms with van der Waals surface area (Å²) in [5.41, 5.74) is 1.49. The number of hydrogen-bond acceptors (Lipinski definition) is 4. The predicted octanol–water partition coefficient (Wildman–Crippen LogP) is 3.51. The number of benzene rings is 1. The average molecular weight is 326 g/mol. The van der Waals surface area contributed by atoms with Crippen molar-refractivity contribution in [2.75, 3.05) is 6.61 Å². The Labute approximate surface area is 118 Å². The molecule has 0 amide bonds. The van der Waals surface area contributed by atoms with Crippen molar-refractivity contribution in [3.05, 3.63) is 33.9 Å². The molecule has 2 aromatic rings. The third-order valence-electron chi connectivity index (χ3n) is 2.36. The predicted molar refractivity (Wildman–Crippen MR) is 72.5 cm³/mol. The number of carboxylic acid groups (broad SMARTS) is 1. The van der Waals surface area contributed by atoms with Crippen LogP contribution in [-0.4, -0.2) is 22.7 Å². The van der Waals surface area contributed by atoms with Gasteiger partial charge in [0, 0.05) is 10.0 Å². The number of carboxylic acids is 1. The van der Waals surface area contributed by atoms with Gasteiger partial charge in [0.2, 0.25) is 11.6 Å². The summed E-state index contributed by atoms with van der Waals surface area (Å²) in [6.45, 7) is 3.99. The van der Waals surface area contributed by atoms with Crippen molar-refractivity contribution in [3.8, 4) is 17.4 Å². The van der Waals surface area contributed by atoms with Crippen LogP contribution in [0, 0.1) is 6.92 Å². The van der Waals surface area contributed by atoms with Gasteiger partial charge >= 0.3 is 11.9 Å². The van der Waals surface area contributed by atoms with Crippen LogP contribution in [0.2, 0.25) is 0 Å². The molecule has 1 N–H and O–H groups in total. The number of aromatic carboxylic acids is 1.